The summed E-state index contributed by atoms with van der Waals surface area (Å²) in [5, 5.41) is 24.9. The Bertz CT molecular complexity index is 3200. The molecule has 0 amide bonds. The molecule has 0 radical (unpaired) electrons. The fraction of sp³-hybridized carbons (Fsp3) is 0.500. The number of methoxy groups -OCH3 is 2. The predicted molar refractivity (Wildman–Crippen MR) is 248 cm³/mol. The number of rotatable bonds is 25. The molecule has 11 unspecified atom stereocenters. The van der Waals surface area contributed by atoms with Gasteiger partial charge in [0, 0.05) is 40.8 Å². The third-order valence-electron chi connectivity index (χ3n) is 10.7. The van der Waals surface area contributed by atoms with Gasteiger partial charge in [0.25, 0.3) is 5.56 Å². The summed E-state index contributed by atoms with van der Waals surface area (Å²) in [5.74, 6) is 0.732. The second-order valence-corrected chi connectivity index (χ2v) is 22.5. The Morgan fingerprint density at radius 1 is 0.904 bits per heavy atom. The molecule has 34 nitrogen and oxygen atoms in total. The van der Waals surface area contributed by atoms with Gasteiger partial charge in [-0.15, -0.1) is 0 Å². The van der Waals surface area contributed by atoms with Gasteiger partial charge in [0.15, 0.2) is 47.3 Å². The zero-order chi connectivity index (χ0) is 53.2. The monoisotopic (exact) mass is 1130 g/mol. The molecule has 0 spiro atoms. The SMILES string of the molecule is CNc1ncnc2c1ncn2C1OC(COP(=O)(O)OP(=O)(O)OP(=O)(O)OCCc2sc[n+](Cc3cnc(C)nc3N)c2C)C(OP(=O)(O)OCC(OC)C(O)C(O)n2cnc3c(=O)[nH]c(N)nc32)C1OC. The maximum Gasteiger partial charge on any atom is 0.490 e. The molecule has 7 rings (SSSR count). The van der Waals surface area contributed by atoms with Crippen LogP contribution >= 0.6 is 42.6 Å². The number of nitrogens with one attached hydrogen (secondary N) is 2. The summed E-state index contributed by atoms with van der Waals surface area (Å²) in [6.07, 6.45) is -7.04. The van der Waals surface area contributed by atoms with E-state index in [0.29, 0.717) is 28.6 Å². The zero-order valence-corrected chi connectivity index (χ0v) is 43.1. The number of phosphoric acid groups is 4. The lowest BCUT2D eigenvalue weighted by Gasteiger charge is -2.28. The highest BCUT2D eigenvalue weighted by molar-refractivity contribution is 7.66. The first-order valence-corrected chi connectivity index (χ1v) is 27.8. The Labute approximate surface area is 414 Å². The molecule has 11 atom stereocenters. The van der Waals surface area contributed by atoms with Crippen LogP contribution in [-0.2, 0) is 72.2 Å². The number of aliphatic hydroxyl groups is 2. The van der Waals surface area contributed by atoms with Crippen LogP contribution in [0.4, 0.5) is 17.6 Å². The van der Waals surface area contributed by atoms with Crippen LogP contribution in [-0.4, -0.2) is 150 Å². The summed E-state index contributed by atoms with van der Waals surface area (Å²) < 4.78 is 102. The van der Waals surface area contributed by atoms with Crippen molar-refractivity contribution in [3.05, 3.63) is 63.0 Å². The molecule has 0 aromatic carbocycles. The van der Waals surface area contributed by atoms with Gasteiger partial charge < -0.3 is 60.8 Å². The average molecular weight is 1130 g/mol. The third-order valence-corrected chi connectivity index (χ3v) is 17.1. The van der Waals surface area contributed by atoms with Crippen LogP contribution in [0.1, 0.15) is 34.4 Å². The summed E-state index contributed by atoms with van der Waals surface area (Å²) in [7, 11) is -19.0. The molecule has 1 saturated heterocycles. The first-order valence-electron chi connectivity index (χ1n) is 20.9. The van der Waals surface area contributed by atoms with E-state index in [0.717, 1.165) is 30.8 Å². The number of nitrogens with two attached hydrogens (primary N) is 2. The van der Waals surface area contributed by atoms with Crippen molar-refractivity contribution in [3.8, 4) is 0 Å². The zero-order valence-electron chi connectivity index (χ0n) is 38.7. The molecule has 0 aliphatic carbocycles. The number of aryl methyl sites for hydroxylation is 1. The number of nitrogen functional groups attached to an aromatic ring is 2. The largest absolute Gasteiger partial charge is 0.490 e. The number of aromatic nitrogens is 11. The normalized spacial score (nSPS) is 21.8. The minimum atomic E-state index is -6.00. The molecule has 400 valence electrons. The van der Waals surface area contributed by atoms with Gasteiger partial charge in [-0.1, -0.05) is 11.3 Å². The standard InChI is InChI=1S/C34H48N14O20P4S/c1-16-21(73-15-46(16)9-18-8-38-17(2)43-27(18)35)6-7-62-70(54,55)67-72(58,59)68-71(56,57)64-11-20-25(26(61-5)33(65-20)48-14-41-22-28(37-3)39-12-40-29(22)48)66-69(52,53)63-10-19(60-4)24(49)32(51)47-13-42-23-30(47)44-34(36)45-31(23)50/h8,12-15,19-20,24-26,32-33,49,51H,6-7,9-11H2,1-5H3,(H9-,35,36,37,38,39,40,43,44,45,50,52,53,54,55,56,57,58,59)/p+1. The van der Waals surface area contributed by atoms with Gasteiger partial charge in [0.1, 0.15) is 54.0 Å². The van der Waals surface area contributed by atoms with Gasteiger partial charge in [-0.25, -0.2) is 48.2 Å². The summed E-state index contributed by atoms with van der Waals surface area (Å²) in [4.78, 5) is 86.1. The Morgan fingerprint density at radius 3 is 2.30 bits per heavy atom. The fourth-order valence-electron chi connectivity index (χ4n) is 7.23. The molecule has 1 fully saturated rings. The Hall–Kier alpha value is -4.67. The van der Waals surface area contributed by atoms with E-state index in [-0.39, 0.29) is 40.5 Å². The van der Waals surface area contributed by atoms with Crippen LogP contribution in [0.5, 0.6) is 0 Å². The lowest BCUT2D eigenvalue weighted by molar-refractivity contribution is -0.689. The highest BCUT2D eigenvalue weighted by Gasteiger charge is 2.52. The topological polar surface area (TPSA) is 474 Å². The molecule has 73 heavy (non-hydrogen) atoms. The number of anilines is 3. The number of H-pyrrole nitrogens is 1. The molecule has 6 aromatic rings. The van der Waals surface area contributed by atoms with E-state index < -0.39 is 99.6 Å². The van der Waals surface area contributed by atoms with E-state index >= 15 is 0 Å². The number of ether oxygens (including phenoxy) is 3. The van der Waals surface area contributed by atoms with Crippen molar-refractivity contribution >= 4 is 82.5 Å². The summed E-state index contributed by atoms with van der Waals surface area (Å²) in [6, 6.07) is 0. The van der Waals surface area contributed by atoms with Crippen LogP contribution < -0.4 is 26.9 Å². The van der Waals surface area contributed by atoms with Crippen molar-refractivity contribution in [1.82, 2.24) is 49.0 Å². The van der Waals surface area contributed by atoms with Gasteiger partial charge in [-0.3, -0.25) is 37.0 Å². The van der Waals surface area contributed by atoms with Crippen molar-refractivity contribution in [2.24, 2.45) is 0 Å². The number of hydrogen-bond donors (Lipinski definition) is 10. The quantitative estimate of drug-likeness (QED) is 0.0263. The molecule has 0 saturated carbocycles. The lowest BCUT2D eigenvalue weighted by Crippen LogP contribution is -2.40. The lowest BCUT2D eigenvalue weighted by atomic mass is 10.1. The fourth-order valence-corrected chi connectivity index (χ4v) is 12.7. The molecule has 1 aliphatic heterocycles. The first-order chi connectivity index (χ1) is 34.3. The Morgan fingerprint density at radius 2 is 1.62 bits per heavy atom. The molecule has 39 heteroatoms. The third kappa shape index (κ3) is 13.2. The van der Waals surface area contributed by atoms with Crippen LogP contribution in [0, 0.1) is 13.8 Å². The maximum atomic E-state index is 13.7. The number of phosphoric ester groups is 3. The Kier molecular flexibility index (Phi) is 17.4. The molecule has 0 bridgehead atoms. The van der Waals surface area contributed by atoms with E-state index in [1.807, 2.05) is 4.57 Å². The number of hydrogen-bond acceptors (Lipinski definition) is 27. The Balaban J connectivity index is 1.02. The van der Waals surface area contributed by atoms with Crippen molar-refractivity contribution in [3.63, 3.8) is 0 Å². The average Bonchev–Trinajstić information content (AvgIpc) is 4.10. The second kappa shape index (κ2) is 22.7. The van der Waals surface area contributed by atoms with Crippen LogP contribution in [0.2, 0.25) is 0 Å². The number of aromatic amines is 1. The van der Waals surface area contributed by atoms with Gasteiger partial charge in [-0.05, 0) is 6.92 Å². The highest BCUT2D eigenvalue weighted by Crippen LogP contribution is 2.68. The molecule has 7 heterocycles. The van der Waals surface area contributed by atoms with Gasteiger partial charge >= 0.3 is 31.3 Å². The molecular formula is C34H49N14O20P4S+. The number of imidazole rings is 2. The number of fused-ring (bicyclic) bond motifs is 2. The van der Waals surface area contributed by atoms with Crippen molar-refractivity contribution in [1.29, 1.82) is 0 Å². The number of thiazole rings is 1. The van der Waals surface area contributed by atoms with Crippen molar-refractivity contribution in [2.75, 3.05) is 57.9 Å². The van der Waals surface area contributed by atoms with Gasteiger partial charge in [-0.2, -0.15) is 18.2 Å². The van der Waals surface area contributed by atoms with E-state index in [4.69, 9.17) is 43.8 Å². The molecule has 6 aromatic heterocycles. The smallest absolute Gasteiger partial charge is 0.386 e. The van der Waals surface area contributed by atoms with Crippen molar-refractivity contribution in [2.45, 2.75) is 69.8 Å². The molecule has 12 N–H and O–H groups in total. The summed E-state index contributed by atoms with van der Waals surface area (Å²) >= 11 is 1.26. The number of aliphatic hydroxyl groups excluding tert-OH is 2. The van der Waals surface area contributed by atoms with E-state index in [9.17, 15) is 52.8 Å². The van der Waals surface area contributed by atoms with Crippen LogP contribution in [0.3, 0.4) is 0 Å². The summed E-state index contributed by atoms with van der Waals surface area (Å²) in [5.41, 5.74) is 13.9. The van der Waals surface area contributed by atoms with E-state index in [1.54, 1.807) is 32.6 Å². The highest BCUT2D eigenvalue weighted by atomic mass is 32.1. The molecule has 1 aliphatic rings. The van der Waals surface area contributed by atoms with Gasteiger partial charge in [0.2, 0.25) is 11.5 Å². The van der Waals surface area contributed by atoms with Crippen LogP contribution in [0.15, 0.2) is 35.5 Å². The maximum absolute atomic E-state index is 13.7. The minimum absolute atomic E-state index is 0.00807. The van der Waals surface area contributed by atoms with E-state index in [2.05, 4.69) is 53.8 Å². The number of nitrogens with zero attached hydrogens (tertiary/aromatic N) is 10. The second-order valence-electron chi connectivity index (χ2n) is 15.5. The first kappa shape index (κ1) is 56.1. The predicted octanol–water partition coefficient (Wildman–Crippen LogP) is -0.139. The van der Waals surface area contributed by atoms with Crippen LogP contribution in [0.25, 0.3) is 22.3 Å². The van der Waals surface area contributed by atoms with Gasteiger partial charge in [0.05, 0.1) is 42.9 Å². The van der Waals surface area contributed by atoms with Crippen molar-refractivity contribution < 1.29 is 93.5 Å². The molecular weight excluding hydrogens is 1080 g/mol. The summed E-state index contributed by atoms with van der Waals surface area (Å²) in [6.45, 7) is 1.07. The van der Waals surface area contributed by atoms with E-state index in [1.165, 1.54) is 28.6 Å². The minimum Gasteiger partial charge on any atom is -0.386 e.